The van der Waals surface area contributed by atoms with Crippen LogP contribution in [0.2, 0.25) is 5.02 Å². The van der Waals surface area contributed by atoms with E-state index in [0.29, 0.717) is 11.4 Å². The van der Waals surface area contributed by atoms with E-state index in [1.807, 2.05) is 32.0 Å². The molecule has 0 aromatic heterocycles. The van der Waals surface area contributed by atoms with Crippen molar-refractivity contribution in [2.24, 2.45) is 0 Å². The van der Waals surface area contributed by atoms with Crippen molar-refractivity contribution in [1.82, 2.24) is 0 Å². The second kappa shape index (κ2) is 8.67. The summed E-state index contributed by atoms with van der Waals surface area (Å²) in [6.07, 6.45) is 0. The highest BCUT2D eigenvalue weighted by Crippen LogP contribution is 2.29. The highest BCUT2D eigenvalue weighted by atomic mass is 35.5. The van der Waals surface area contributed by atoms with Crippen LogP contribution >= 0.6 is 11.6 Å². The molecular weight excluding hydrogens is 352 g/mol. The summed E-state index contributed by atoms with van der Waals surface area (Å²) < 4.78 is 34.2. The summed E-state index contributed by atoms with van der Waals surface area (Å²) in [4.78, 5) is 12.0. The number of rotatable bonds is 7. The topological polar surface area (TPSA) is 47.6 Å². The lowest BCUT2D eigenvalue weighted by Gasteiger charge is -2.14. The molecule has 4 nitrogen and oxygen atoms in total. The molecule has 0 saturated heterocycles. The fraction of sp³-hybridized carbons (Fsp3) is 0.278. The molecule has 0 spiro atoms. The van der Waals surface area contributed by atoms with Crippen molar-refractivity contribution in [3.8, 4) is 11.5 Å². The summed E-state index contributed by atoms with van der Waals surface area (Å²) in [5, 5.41) is 2.57. The van der Waals surface area contributed by atoms with Crippen LogP contribution in [0.25, 0.3) is 0 Å². The molecule has 1 amide bonds. The van der Waals surface area contributed by atoms with E-state index in [0.717, 1.165) is 5.56 Å². The van der Waals surface area contributed by atoms with Crippen LogP contribution in [0.4, 0.5) is 14.5 Å². The molecule has 0 bridgehead atoms. The van der Waals surface area contributed by atoms with Crippen LogP contribution in [0.5, 0.6) is 11.5 Å². The molecule has 2 rings (SSSR count). The van der Waals surface area contributed by atoms with Crippen molar-refractivity contribution in [3.05, 3.63) is 53.1 Å². The number of amides is 1. The number of benzene rings is 2. The minimum absolute atomic E-state index is 0.0239. The Kier molecular flexibility index (Phi) is 6.58. The molecule has 0 aliphatic carbocycles. The van der Waals surface area contributed by atoms with Gasteiger partial charge in [-0.15, -0.1) is 0 Å². The molecule has 0 aliphatic rings. The molecule has 0 saturated carbocycles. The number of nitrogens with one attached hydrogen (secondary N) is 1. The maximum atomic E-state index is 12.2. The third kappa shape index (κ3) is 5.60. The zero-order valence-corrected chi connectivity index (χ0v) is 14.5. The molecule has 0 unspecified atom stereocenters. The second-order valence-corrected chi connectivity index (χ2v) is 5.96. The lowest BCUT2D eigenvalue weighted by atomic mass is 10.0. The Morgan fingerprint density at radius 3 is 2.52 bits per heavy atom. The second-order valence-electron chi connectivity index (χ2n) is 5.55. The fourth-order valence-corrected chi connectivity index (χ4v) is 2.42. The SMILES string of the molecule is CC(C)c1ccccc1OCC(=O)Nc1ccc(OC(F)F)c(Cl)c1. The van der Waals surface area contributed by atoms with Crippen LogP contribution in [0, 0.1) is 0 Å². The molecule has 7 heteroatoms. The fourth-order valence-electron chi connectivity index (χ4n) is 2.20. The van der Waals surface area contributed by atoms with Crippen LogP contribution in [-0.2, 0) is 4.79 Å². The maximum absolute atomic E-state index is 12.2. The smallest absolute Gasteiger partial charge is 0.387 e. The van der Waals surface area contributed by atoms with E-state index in [-0.39, 0.29) is 23.3 Å². The summed E-state index contributed by atoms with van der Waals surface area (Å²) in [6.45, 7) is 0.921. The number of ether oxygens (including phenoxy) is 2. The Labute approximate surface area is 149 Å². The highest BCUT2D eigenvalue weighted by Gasteiger charge is 2.12. The van der Waals surface area contributed by atoms with Gasteiger partial charge in [-0.25, -0.2) is 0 Å². The van der Waals surface area contributed by atoms with Gasteiger partial charge in [0.1, 0.15) is 11.5 Å². The molecule has 2 aromatic rings. The van der Waals surface area contributed by atoms with E-state index in [1.54, 1.807) is 6.07 Å². The molecular formula is C18H18ClF2NO3. The first-order chi connectivity index (χ1) is 11.9. The predicted molar refractivity (Wildman–Crippen MR) is 92.7 cm³/mol. The lowest BCUT2D eigenvalue weighted by molar-refractivity contribution is -0.118. The Morgan fingerprint density at radius 1 is 1.16 bits per heavy atom. The standard InChI is InChI=1S/C18H18ClF2NO3/c1-11(2)13-5-3-4-6-15(13)24-10-17(23)22-12-7-8-16(14(19)9-12)25-18(20)21/h3-9,11,18H,10H2,1-2H3,(H,22,23). The van der Waals surface area contributed by atoms with Crippen molar-refractivity contribution in [2.45, 2.75) is 26.4 Å². The van der Waals surface area contributed by atoms with E-state index in [2.05, 4.69) is 10.1 Å². The number of hydrogen-bond donors (Lipinski definition) is 1. The Bertz CT molecular complexity index is 738. The van der Waals surface area contributed by atoms with E-state index in [1.165, 1.54) is 18.2 Å². The highest BCUT2D eigenvalue weighted by molar-refractivity contribution is 6.32. The number of anilines is 1. The number of alkyl halides is 2. The van der Waals surface area contributed by atoms with Crippen molar-refractivity contribution in [3.63, 3.8) is 0 Å². The van der Waals surface area contributed by atoms with E-state index in [9.17, 15) is 13.6 Å². The van der Waals surface area contributed by atoms with Crippen LogP contribution in [0.3, 0.4) is 0 Å². The van der Waals surface area contributed by atoms with Gasteiger partial charge in [0.15, 0.2) is 6.61 Å². The van der Waals surface area contributed by atoms with Crippen molar-refractivity contribution in [1.29, 1.82) is 0 Å². The summed E-state index contributed by atoms with van der Waals surface area (Å²) in [5.41, 5.74) is 1.37. The Balaban J connectivity index is 1.96. The first kappa shape index (κ1) is 19.0. The van der Waals surface area contributed by atoms with Gasteiger partial charge in [-0.2, -0.15) is 8.78 Å². The molecule has 2 aromatic carbocycles. The zero-order chi connectivity index (χ0) is 18.4. The molecule has 1 N–H and O–H groups in total. The molecule has 0 heterocycles. The maximum Gasteiger partial charge on any atom is 0.387 e. The van der Waals surface area contributed by atoms with Crippen LogP contribution in [-0.4, -0.2) is 19.1 Å². The summed E-state index contributed by atoms with van der Waals surface area (Å²) in [5.74, 6) is 0.362. The largest absolute Gasteiger partial charge is 0.483 e. The van der Waals surface area contributed by atoms with Gasteiger partial charge in [0.2, 0.25) is 0 Å². The summed E-state index contributed by atoms with van der Waals surface area (Å²) in [6, 6.07) is 11.5. The quantitative estimate of drug-likeness (QED) is 0.740. The normalized spacial score (nSPS) is 10.8. The molecule has 0 radical (unpaired) electrons. The van der Waals surface area contributed by atoms with Crippen molar-refractivity contribution in [2.75, 3.05) is 11.9 Å². The minimum atomic E-state index is -2.97. The van der Waals surface area contributed by atoms with Gasteiger partial charge < -0.3 is 14.8 Å². The third-order valence-electron chi connectivity index (χ3n) is 3.33. The molecule has 0 atom stereocenters. The third-order valence-corrected chi connectivity index (χ3v) is 3.63. The number of carbonyl (C=O) groups excluding carboxylic acids is 1. The Hall–Kier alpha value is -2.34. The van der Waals surface area contributed by atoms with Crippen molar-refractivity contribution < 1.29 is 23.0 Å². The lowest BCUT2D eigenvalue weighted by Crippen LogP contribution is -2.20. The van der Waals surface area contributed by atoms with E-state index in [4.69, 9.17) is 16.3 Å². The van der Waals surface area contributed by atoms with Crippen LogP contribution in [0.15, 0.2) is 42.5 Å². The average molecular weight is 370 g/mol. The van der Waals surface area contributed by atoms with E-state index >= 15 is 0 Å². The molecule has 0 fully saturated rings. The summed E-state index contributed by atoms with van der Waals surface area (Å²) in [7, 11) is 0. The van der Waals surface area contributed by atoms with Crippen LogP contribution in [0.1, 0.15) is 25.3 Å². The first-order valence-electron chi connectivity index (χ1n) is 7.62. The number of para-hydroxylation sites is 1. The van der Waals surface area contributed by atoms with Gasteiger partial charge in [-0.3, -0.25) is 4.79 Å². The number of halogens is 3. The zero-order valence-electron chi connectivity index (χ0n) is 13.8. The van der Waals surface area contributed by atoms with Gasteiger partial charge in [-0.05, 0) is 35.7 Å². The van der Waals surface area contributed by atoms with Gasteiger partial charge in [0, 0.05) is 5.69 Å². The van der Waals surface area contributed by atoms with Gasteiger partial charge in [-0.1, -0.05) is 43.6 Å². The number of carbonyl (C=O) groups is 1. The molecule has 134 valence electrons. The first-order valence-corrected chi connectivity index (χ1v) is 8.00. The van der Waals surface area contributed by atoms with E-state index < -0.39 is 12.5 Å². The average Bonchev–Trinajstić information content (AvgIpc) is 2.55. The molecule has 0 aliphatic heterocycles. The summed E-state index contributed by atoms with van der Waals surface area (Å²) >= 11 is 5.84. The van der Waals surface area contributed by atoms with Gasteiger partial charge >= 0.3 is 6.61 Å². The Morgan fingerprint density at radius 2 is 1.88 bits per heavy atom. The van der Waals surface area contributed by atoms with Crippen molar-refractivity contribution >= 4 is 23.2 Å². The van der Waals surface area contributed by atoms with Gasteiger partial charge in [0.05, 0.1) is 5.02 Å². The predicted octanol–water partition coefficient (Wildman–Crippen LogP) is 5.08. The monoisotopic (exact) mass is 369 g/mol. The van der Waals surface area contributed by atoms with Gasteiger partial charge in [0.25, 0.3) is 5.91 Å². The minimum Gasteiger partial charge on any atom is -0.483 e. The molecule has 25 heavy (non-hydrogen) atoms. The van der Waals surface area contributed by atoms with Crippen LogP contribution < -0.4 is 14.8 Å². The number of hydrogen-bond acceptors (Lipinski definition) is 3.